The van der Waals surface area contributed by atoms with Crippen molar-refractivity contribution < 1.29 is 22.0 Å². The van der Waals surface area contributed by atoms with E-state index in [0.29, 0.717) is 23.6 Å². The third-order valence-electron chi connectivity index (χ3n) is 6.61. The first kappa shape index (κ1) is 22.5. The van der Waals surface area contributed by atoms with E-state index in [1.165, 1.54) is 43.4 Å². The fraction of sp³-hybridized carbons (Fsp3) is 0.333. The first-order valence-electron chi connectivity index (χ1n) is 11.1. The highest BCUT2D eigenvalue weighted by atomic mass is 19.2. The lowest BCUT2D eigenvalue weighted by Crippen LogP contribution is -2.13. The second-order valence-corrected chi connectivity index (χ2v) is 8.67. The second-order valence-electron chi connectivity index (χ2n) is 8.67. The molecule has 0 heterocycles. The first-order chi connectivity index (χ1) is 15.4. The number of hydrogen-bond acceptors (Lipinski definition) is 0. The van der Waals surface area contributed by atoms with Crippen LogP contribution in [0.3, 0.4) is 0 Å². The van der Waals surface area contributed by atoms with Crippen LogP contribution < -0.4 is 0 Å². The number of halogens is 5. The van der Waals surface area contributed by atoms with E-state index < -0.39 is 29.1 Å². The van der Waals surface area contributed by atoms with E-state index in [9.17, 15) is 22.0 Å². The highest BCUT2D eigenvalue weighted by molar-refractivity contribution is 5.72. The molecule has 0 aromatic heterocycles. The van der Waals surface area contributed by atoms with Crippen LogP contribution in [-0.2, 0) is 0 Å². The highest BCUT2D eigenvalue weighted by Crippen LogP contribution is 2.38. The molecule has 1 aliphatic rings. The maximum atomic E-state index is 14.8. The summed E-state index contributed by atoms with van der Waals surface area (Å²) in [6.07, 6.45) is 7.25. The zero-order valence-electron chi connectivity index (χ0n) is 17.9. The summed E-state index contributed by atoms with van der Waals surface area (Å²) in [6, 6.07) is 11.4. The third-order valence-corrected chi connectivity index (χ3v) is 6.61. The number of rotatable bonds is 5. The van der Waals surface area contributed by atoms with Crippen LogP contribution in [0.15, 0.2) is 48.5 Å². The summed E-state index contributed by atoms with van der Waals surface area (Å²) in [6.45, 7) is 2.22. The van der Waals surface area contributed by atoms with Gasteiger partial charge >= 0.3 is 0 Å². The summed E-state index contributed by atoms with van der Waals surface area (Å²) in [5, 5.41) is 0. The van der Waals surface area contributed by atoms with E-state index in [2.05, 4.69) is 6.92 Å². The van der Waals surface area contributed by atoms with Gasteiger partial charge in [0.1, 0.15) is 0 Å². The third kappa shape index (κ3) is 4.43. The van der Waals surface area contributed by atoms with E-state index in [1.807, 2.05) is 12.1 Å². The highest BCUT2D eigenvalue weighted by Gasteiger charge is 2.23. The zero-order chi connectivity index (χ0) is 22.8. The molecule has 1 fully saturated rings. The summed E-state index contributed by atoms with van der Waals surface area (Å²) in [5.74, 6) is -5.60. The van der Waals surface area contributed by atoms with Crippen LogP contribution in [0.5, 0.6) is 0 Å². The van der Waals surface area contributed by atoms with E-state index in [-0.39, 0.29) is 16.7 Å². The maximum absolute atomic E-state index is 14.8. The molecule has 3 aromatic rings. The quantitative estimate of drug-likeness (QED) is 0.272. The largest absolute Gasteiger partial charge is 0.204 e. The van der Waals surface area contributed by atoms with E-state index in [0.717, 1.165) is 18.8 Å². The van der Waals surface area contributed by atoms with Gasteiger partial charge < -0.3 is 0 Å². The average Bonchev–Trinajstić information content (AvgIpc) is 2.80. The number of hydrogen-bond donors (Lipinski definition) is 0. The summed E-state index contributed by atoms with van der Waals surface area (Å²) in [7, 11) is 0. The molecule has 0 N–H and O–H groups in total. The summed E-state index contributed by atoms with van der Waals surface area (Å²) >= 11 is 0. The molecule has 0 radical (unpaired) electrons. The van der Waals surface area contributed by atoms with Crippen molar-refractivity contribution in [3.63, 3.8) is 0 Å². The van der Waals surface area contributed by atoms with Crippen molar-refractivity contribution in [3.05, 3.63) is 83.2 Å². The maximum Gasteiger partial charge on any atom is 0.194 e. The van der Waals surface area contributed by atoms with Crippen LogP contribution in [-0.4, -0.2) is 0 Å². The Morgan fingerprint density at radius 1 is 0.656 bits per heavy atom. The van der Waals surface area contributed by atoms with Gasteiger partial charge in [0.05, 0.1) is 0 Å². The summed E-state index contributed by atoms with van der Waals surface area (Å²) in [5.41, 5.74) is 1.20. The van der Waals surface area contributed by atoms with Crippen LogP contribution in [0.1, 0.15) is 56.9 Å². The molecule has 0 nitrogen and oxygen atoms in total. The Morgan fingerprint density at radius 3 is 1.72 bits per heavy atom. The molecule has 0 bridgehead atoms. The van der Waals surface area contributed by atoms with Crippen molar-refractivity contribution in [3.8, 4) is 22.3 Å². The topological polar surface area (TPSA) is 0 Å². The van der Waals surface area contributed by atoms with E-state index in [1.54, 1.807) is 12.1 Å². The predicted octanol–water partition coefficient (Wildman–Crippen LogP) is 8.79. The van der Waals surface area contributed by atoms with Crippen molar-refractivity contribution in [2.45, 2.75) is 51.4 Å². The standard InChI is InChI=1S/C27H25F5/c1-2-3-16-4-6-17(7-5-16)18-8-10-19(11-9-18)21-12-13-22(26(31)25(21)30)20-14-23(28)27(32)24(29)15-20/h8-17H,2-7H2,1H3. The molecule has 32 heavy (non-hydrogen) atoms. The molecule has 0 unspecified atom stereocenters. The molecular weight excluding hydrogens is 419 g/mol. The van der Waals surface area contributed by atoms with Gasteiger partial charge in [0.15, 0.2) is 29.1 Å². The fourth-order valence-electron chi connectivity index (χ4n) is 4.83. The van der Waals surface area contributed by atoms with Gasteiger partial charge in [-0.25, -0.2) is 22.0 Å². The lowest BCUT2D eigenvalue weighted by molar-refractivity contribution is 0.308. The predicted molar refractivity (Wildman–Crippen MR) is 117 cm³/mol. The molecule has 168 valence electrons. The van der Waals surface area contributed by atoms with Gasteiger partial charge in [0.2, 0.25) is 0 Å². The zero-order valence-corrected chi connectivity index (χ0v) is 17.9. The summed E-state index contributed by atoms with van der Waals surface area (Å²) in [4.78, 5) is 0. The Balaban J connectivity index is 1.56. The fourth-order valence-corrected chi connectivity index (χ4v) is 4.83. The van der Waals surface area contributed by atoms with Crippen LogP contribution in [0.25, 0.3) is 22.3 Å². The van der Waals surface area contributed by atoms with Gasteiger partial charge in [-0.3, -0.25) is 0 Å². The van der Waals surface area contributed by atoms with Crippen LogP contribution in [0.2, 0.25) is 0 Å². The van der Waals surface area contributed by atoms with Gasteiger partial charge in [0, 0.05) is 11.1 Å². The number of benzene rings is 3. The van der Waals surface area contributed by atoms with Gasteiger partial charge in [-0.05, 0) is 66.3 Å². The molecule has 1 aliphatic carbocycles. The van der Waals surface area contributed by atoms with Crippen LogP contribution >= 0.6 is 0 Å². The molecular formula is C27H25F5. The van der Waals surface area contributed by atoms with Gasteiger partial charge in [-0.1, -0.05) is 56.2 Å². The van der Waals surface area contributed by atoms with Crippen LogP contribution in [0, 0.1) is 35.0 Å². The molecule has 0 amide bonds. The Bertz CT molecular complexity index is 1070. The molecule has 0 saturated heterocycles. The minimum Gasteiger partial charge on any atom is -0.204 e. The van der Waals surface area contributed by atoms with Crippen LogP contribution in [0.4, 0.5) is 22.0 Å². The normalized spacial score (nSPS) is 18.7. The van der Waals surface area contributed by atoms with E-state index >= 15 is 0 Å². The minimum absolute atomic E-state index is 0.0625. The van der Waals surface area contributed by atoms with Crippen molar-refractivity contribution in [2.75, 3.05) is 0 Å². The Labute approximate surface area is 185 Å². The SMILES string of the molecule is CCCC1CCC(c2ccc(-c3ccc(-c4cc(F)c(F)c(F)c4)c(F)c3F)cc2)CC1. The first-order valence-corrected chi connectivity index (χ1v) is 11.1. The molecule has 5 heteroatoms. The molecule has 0 aliphatic heterocycles. The van der Waals surface area contributed by atoms with Crippen molar-refractivity contribution in [1.29, 1.82) is 0 Å². The lowest BCUT2D eigenvalue weighted by Gasteiger charge is -2.28. The molecule has 0 atom stereocenters. The monoisotopic (exact) mass is 444 g/mol. The van der Waals surface area contributed by atoms with E-state index in [4.69, 9.17) is 0 Å². The molecule has 3 aromatic carbocycles. The molecule has 0 spiro atoms. The van der Waals surface area contributed by atoms with Gasteiger partial charge in [0.25, 0.3) is 0 Å². The Kier molecular flexibility index (Phi) is 6.63. The molecule has 4 rings (SSSR count). The van der Waals surface area contributed by atoms with Gasteiger partial charge in [-0.2, -0.15) is 0 Å². The Hall–Kier alpha value is -2.69. The minimum atomic E-state index is -1.65. The summed E-state index contributed by atoms with van der Waals surface area (Å²) < 4.78 is 69.8. The second kappa shape index (κ2) is 9.43. The Morgan fingerprint density at radius 2 is 1.19 bits per heavy atom. The van der Waals surface area contributed by atoms with Crippen molar-refractivity contribution in [2.24, 2.45) is 5.92 Å². The van der Waals surface area contributed by atoms with Gasteiger partial charge in [-0.15, -0.1) is 0 Å². The lowest BCUT2D eigenvalue weighted by atomic mass is 9.77. The van der Waals surface area contributed by atoms with Crippen molar-refractivity contribution in [1.82, 2.24) is 0 Å². The molecule has 1 saturated carbocycles. The van der Waals surface area contributed by atoms with Crippen molar-refractivity contribution >= 4 is 0 Å². The average molecular weight is 444 g/mol. The smallest absolute Gasteiger partial charge is 0.194 e.